The minimum Gasteiger partial charge on any atom is -0.502 e. The molecule has 0 unspecified atom stereocenters. The van der Waals surface area contributed by atoms with Crippen LogP contribution in [0.15, 0.2) is 18.2 Å². The monoisotopic (exact) mass is 582 g/mol. The number of benzene rings is 2. The number of aliphatic hydroxyl groups excluding tert-OH is 5. The summed E-state index contributed by atoms with van der Waals surface area (Å²) in [6.45, 7) is -1.02. The fourth-order valence-corrected chi connectivity index (χ4v) is 5.83. The van der Waals surface area contributed by atoms with Crippen LogP contribution in [0.1, 0.15) is 22.6 Å². The first kappa shape index (κ1) is 30.9. The summed E-state index contributed by atoms with van der Waals surface area (Å²) in [5.74, 6) is -1.51. The van der Waals surface area contributed by atoms with Crippen LogP contribution in [0.4, 0.5) is 0 Å². The van der Waals surface area contributed by atoms with Gasteiger partial charge in [0.2, 0.25) is 11.5 Å². The largest absolute Gasteiger partial charge is 0.502 e. The van der Waals surface area contributed by atoms with Gasteiger partial charge < -0.3 is 64.2 Å². The molecule has 2 aromatic rings. The van der Waals surface area contributed by atoms with E-state index in [9.17, 15) is 35.7 Å². The Kier molecular flexibility index (Phi) is 9.70. The first-order valence-corrected chi connectivity index (χ1v) is 13.1. The Hall–Kier alpha value is -3.04. The predicted octanol–water partition coefficient (Wildman–Crippen LogP) is -0.139. The van der Waals surface area contributed by atoms with Crippen LogP contribution in [-0.4, -0.2) is 115 Å². The second-order valence-corrected chi connectivity index (χ2v) is 10.1. The van der Waals surface area contributed by atoms with Crippen LogP contribution >= 0.6 is 0 Å². The summed E-state index contributed by atoms with van der Waals surface area (Å²) in [5, 5.41) is 72.6. The Labute approximate surface area is 237 Å². The molecule has 0 spiro atoms. The molecule has 1 aliphatic carbocycles. The normalized spacial score (nSPS) is 29.5. The van der Waals surface area contributed by atoms with Crippen molar-refractivity contribution in [2.45, 2.75) is 43.0 Å². The summed E-state index contributed by atoms with van der Waals surface area (Å²) in [6, 6.07) is 4.88. The molecule has 1 aliphatic heterocycles. The van der Waals surface area contributed by atoms with Crippen molar-refractivity contribution < 1.29 is 64.2 Å². The number of ether oxygens (including phenoxy) is 6. The van der Waals surface area contributed by atoms with E-state index in [-0.39, 0.29) is 47.7 Å². The van der Waals surface area contributed by atoms with Gasteiger partial charge in [-0.05, 0) is 47.6 Å². The number of aliphatic hydroxyl groups is 5. The number of rotatable bonds is 10. The van der Waals surface area contributed by atoms with Gasteiger partial charge in [0.05, 0.1) is 41.7 Å². The molecule has 0 aromatic heterocycles. The summed E-state index contributed by atoms with van der Waals surface area (Å²) in [5.41, 5.74) is 1.88. The zero-order chi connectivity index (χ0) is 30.0. The first-order chi connectivity index (χ1) is 19.6. The molecule has 8 atom stereocenters. The van der Waals surface area contributed by atoms with Gasteiger partial charge in [0.15, 0.2) is 29.3 Å². The van der Waals surface area contributed by atoms with Crippen molar-refractivity contribution in [2.75, 3.05) is 48.3 Å². The molecule has 13 nitrogen and oxygen atoms in total. The summed E-state index contributed by atoms with van der Waals surface area (Å²) in [4.78, 5) is 0. The lowest BCUT2D eigenvalue weighted by Crippen LogP contribution is -2.59. The minimum atomic E-state index is -1.63. The number of fused-ring (bicyclic) bond motifs is 1. The second kappa shape index (κ2) is 12.9. The number of aromatic hydroxyl groups is 2. The van der Waals surface area contributed by atoms with Crippen molar-refractivity contribution in [1.29, 1.82) is 0 Å². The van der Waals surface area contributed by atoms with Crippen molar-refractivity contribution in [3.05, 3.63) is 34.9 Å². The standard InChI is InChI=1S/C28H38O13/c1-36-16-7-13(8-17(37-2)22(16)31)20-15(11-40-28-26(35)25(34)23(32)19(10-30)41-28)14(9-29)5-12-6-18(38-3)24(33)27(39-4)21(12)20/h6-8,14-15,19-20,23,25-26,28-35H,5,9-11H2,1-4H3/t14-,15-,19+,20-,23+,25-,26+,28-/m0/s1. The van der Waals surface area contributed by atoms with Crippen LogP contribution in [0.3, 0.4) is 0 Å². The van der Waals surface area contributed by atoms with Crippen LogP contribution in [-0.2, 0) is 15.9 Å². The highest BCUT2D eigenvalue weighted by Gasteiger charge is 2.46. The molecule has 2 aliphatic rings. The van der Waals surface area contributed by atoms with Gasteiger partial charge in [0.25, 0.3) is 0 Å². The van der Waals surface area contributed by atoms with Gasteiger partial charge in [-0.25, -0.2) is 0 Å². The molecule has 228 valence electrons. The number of hydrogen-bond acceptors (Lipinski definition) is 13. The highest BCUT2D eigenvalue weighted by molar-refractivity contribution is 5.64. The topological polar surface area (TPSA) is 197 Å². The third kappa shape index (κ3) is 5.58. The summed E-state index contributed by atoms with van der Waals surface area (Å²) < 4.78 is 33.3. The lowest BCUT2D eigenvalue weighted by molar-refractivity contribution is -0.304. The van der Waals surface area contributed by atoms with E-state index in [1.54, 1.807) is 18.2 Å². The lowest BCUT2D eigenvalue weighted by Gasteiger charge is -2.43. The van der Waals surface area contributed by atoms with Crippen molar-refractivity contribution in [2.24, 2.45) is 11.8 Å². The van der Waals surface area contributed by atoms with E-state index in [0.717, 1.165) is 5.56 Å². The van der Waals surface area contributed by atoms with Crippen LogP contribution in [0.25, 0.3) is 0 Å². The second-order valence-electron chi connectivity index (χ2n) is 10.1. The van der Waals surface area contributed by atoms with Gasteiger partial charge in [-0.1, -0.05) is 0 Å². The number of phenols is 2. The van der Waals surface area contributed by atoms with Crippen LogP contribution < -0.4 is 18.9 Å². The Morgan fingerprint density at radius 3 is 1.93 bits per heavy atom. The molecule has 2 aromatic carbocycles. The van der Waals surface area contributed by atoms with Gasteiger partial charge in [-0.15, -0.1) is 0 Å². The van der Waals surface area contributed by atoms with Crippen LogP contribution in [0.2, 0.25) is 0 Å². The molecular formula is C28H38O13. The van der Waals surface area contributed by atoms with Gasteiger partial charge in [-0.2, -0.15) is 0 Å². The van der Waals surface area contributed by atoms with E-state index < -0.39 is 55.1 Å². The molecule has 1 fully saturated rings. The molecule has 41 heavy (non-hydrogen) atoms. The molecule has 7 N–H and O–H groups in total. The number of hydrogen-bond donors (Lipinski definition) is 7. The average Bonchev–Trinajstić information content (AvgIpc) is 2.98. The van der Waals surface area contributed by atoms with Gasteiger partial charge in [-0.3, -0.25) is 0 Å². The van der Waals surface area contributed by atoms with E-state index in [1.807, 2.05) is 0 Å². The Bertz CT molecular complexity index is 1180. The zero-order valence-electron chi connectivity index (χ0n) is 23.3. The van der Waals surface area contributed by atoms with E-state index >= 15 is 0 Å². The molecular weight excluding hydrogens is 544 g/mol. The molecule has 0 radical (unpaired) electrons. The van der Waals surface area contributed by atoms with Crippen molar-refractivity contribution in [3.63, 3.8) is 0 Å². The van der Waals surface area contributed by atoms with Crippen molar-refractivity contribution in [3.8, 4) is 34.5 Å². The zero-order valence-corrected chi connectivity index (χ0v) is 23.3. The molecule has 4 rings (SSSR count). The molecule has 0 bridgehead atoms. The molecule has 1 saturated heterocycles. The summed E-state index contributed by atoms with van der Waals surface area (Å²) >= 11 is 0. The Morgan fingerprint density at radius 2 is 1.39 bits per heavy atom. The van der Waals surface area contributed by atoms with Gasteiger partial charge >= 0.3 is 0 Å². The van der Waals surface area contributed by atoms with Gasteiger partial charge in [0.1, 0.15) is 24.4 Å². The fourth-order valence-electron chi connectivity index (χ4n) is 5.83. The Morgan fingerprint density at radius 1 is 0.780 bits per heavy atom. The molecule has 0 saturated carbocycles. The highest BCUT2D eigenvalue weighted by atomic mass is 16.7. The molecule has 1 heterocycles. The quantitative estimate of drug-likeness (QED) is 0.196. The van der Waals surface area contributed by atoms with E-state index in [4.69, 9.17) is 28.4 Å². The maximum atomic E-state index is 11.0. The maximum absolute atomic E-state index is 11.0. The smallest absolute Gasteiger partial charge is 0.201 e. The van der Waals surface area contributed by atoms with E-state index in [0.29, 0.717) is 17.5 Å². The van der Waals surface area contributed by atoms with Crippen molar-refractivity contribution >= 4 is 0 Å². The first-order valence-electron chi connectivity index (χ1n) is 13.1. The lowest BCUT2D eigenvalue weighted by atomic mass is 9.66. The highest BCUT2D eigenvalue weighted by Crippen LogP contribution is 2.54. The van der Waals surface area contributed by atoms with E-state index in [1.165, 1.54) is 28.4 Å². The Balaban J connectivity index is 1.85. The predicted molar refractivity (Wildman–Crippen MR) is 142 cm³/mol. The van der Waals surface area contributed by atoms with E-state index in [2.05, 4.69) is 0 Å². The average molecular weight is 583 g/mol. The summed E-state index contributed by atoms with van der Waals surface area (Å²) in [6.07, 6.45) is -7.02. The minimum absolute atomic E-state index is 0.123. The number of phenolic OH excluding ortho intramolecular Hbond substituents is 2. The number of methoxy groups -OCH3 is 4. The van der Waals surface area contributed by atoms with Gasteiger partial charge in [0, 0.05) is 18.1 Å². The third-order valence-electron chi connectivity index (χ3n) is 7.99. The van der Waals surface area contributed by atoms with Crippen molar-refractivity contribution in [1.82, 2.24) is 0 Å². The third-order valence-corrected chi connectivity index (χ3v) is 7.99. The van der Waals surface area contributed by atoms with Crippen LogP contribution in [0.5, 0.6) is 34.5 Å². The van der Waals surface area contributed by atoms with Crippen LogP contribution in [0, 0.1) is 11.8 Å². The summed E-state index contributed by atoms with van der Waals surface area (Å²) in [7, 11) is 5.60. The fraction of sp³-hybridized carbons (Fsp3) is 0.571. The maximum Gasteiger partial charge on any atom is 0.201 e. The molecule has 13 heteroatoms. The molecule has 0 amide bonds. The SMILES string of the molecule is COc1cc([C@@H]2c3c(cc(OC)c(O)c3OC)C[C@@H](CO)[C@@H]2CO[C@H]2O[C@H](CO)[C@@H](O)[C@H](O)[C@H]2O)cc(OC)c1O.